The number of nitro benzene ring substituents is 1. The molecule has 0 amide bonds. The normalized spacial score (nSPS) is 12.3. The number of carbonyl (C=O) groups is 1. The van der Waals surface area contributed by atoms with Crippen molar-refractivity contribution in [3.8, 4) is 0 Å². The van der Waals surface area contributed by atoms with Gasteiger partial charge in [0.05, 0.1) is 10.6 Å². The quantitative estimate of drug-likeness (QED) is 0.364. The zero-order valence-corrected chi connectivity index (χ0v) is 14.0. The number of nitro groups is 1. The van der Waals surface area contributed by atoms with Crippen molar-refractivity contribution in [2.24, 2.45) is 7.05 Å². The van der Waals surface area contributed by atoms with E-state index in [1.54, 1.807) is 29.8 Å². The Balaban J connectivity index is 2.08. The van der Waals surface area contributed by atoms with Crippen molar-refractivity contribution in [2.75, 3.05) is 0 Å². The molecule has 0 unspecified atom stereocenters. The van der Waals surface area contributed by atoms with Crippen molar-refractivity contribution in [1.82, 2.24) is 9.78 Å². The van der Waals surface area contributed by atoms with Crippen LogP contribution in [-0.4, -0.2) is 20.7 Å². The summed E-state index contributed by atoms with van der Waals surface area (Å²) in [6.07, 6.45) is 2.42. The first-order valence-electron chi connectivity index (χ1n) is 7.43. The number of hydrogen-bond acceptors (Lipinski definition) is 5. The molecule has 7 heteroatoms. The molecule has 2 aromatic rings. The number of non-ortho nitro benzene ring substituents is 1. The van der Waals surface area contributed by atoms with Crippen LogP contribution >= 0.6 is 0 Å². The van der Waals surface area contributed by atoms with Gasteiger partial charge in [0.1, 0.15) is 6.10 Å². The van der Waals surface area contributed by atoms with E-state index in [-0.39, 0.29) is 5.69 Å². The van der Waals surface area contributed by atoms with Gasteiger partial charge < -0.3 is 4.74 Å². The van der Waals surface area contributed by atoms with E-state index >= 15 is 0 Å². The van der Waals surface area contributed by atoms with Crippen LogP contribution in [0.3, 0.4) is 0 Å². The third-order valence-corrected chi connectivity index (χ3v) is 3.79. The Hall–Kier alpha value is -2.96. The average Bonchev–Trinajstić information content (AvgIpc) is 2.78. The highest BCUT2D eigenvalue weighted by Gasteiger charge is 2.14. The molecule has 0 spiro atoms. The van der Waals surface area contributed by atoms with Crippen LogP contribution < -0.4 is 0 Å². The summed E-state index contributed by atoms with van der Waals surface area (Å²) in [5.41, 5.74) is 3.18. The summed E-state index contributed by atoms with van der Waals surface area (Å²) >= 11 is 0. The molecular weight excluding hydrogens is 310 g/mol. The lowest BCUT2D eigenvalue weighted by Crippen LogP contribution is -2.06. The van der Waals surface area contributed by atoms with Gasteiger partial charge in [-0.1, -0.05) is 12.1 Å². The molecule has 24 heavy (non-hydrogen) atoms. The van der Waals surface area contributed by atoms with E-state index < -0.39 is 17.0 Å². The van der Waals surface area contributed by atoms with E-state index in [1.165, 1.54) is 18.2 Å². The molecule has 126 valence electrons. The number of aromatic nitrogens is 2. The highest BCUT2D eigenvalue weighted by Crippen LogP contribution is 2.22. The van der Waals surface area contributed by atoms with Gasteiger partial charge in [-0.05, 0) is 32.4 Å². The summed E-state index contributed by atoms with van der Waals surface area (Å²) in [7, 11) is 1.84. The van der Waals surface area contributed by atoms with Gasteiger partial charge in [-0.3, -0.25) is 14.8 Å². The number of benzene rings is 1. The molecule has 7 nitrogen and oxygen atoms in total. The molecule has 0 saturated heterocycles. The summed E-state index contributed by atoms with van der Waals surface area (Å²) in [5, 5.41) is 15.1. The van der Waals surface area contributed by atoms with Crippen LogP contribution in [0.1, 0.15) is 35.5 Å². The standard InChI is InChI=1S/C17H19N3O4/c1-11-16(12(2)19(4)18-11)8-9-17(21)24-13(3)14-6-5-7-15(10-14)20(22)23/h5-10,13H,1-4H3/b9-8+/t13-/m1/s1. The lowest BCUT2D eigenvalue weighted by Gasteiger charge is -2.11. The second kappa shape index (κ2) is 7.08. The van der Waals surface area contributed by atoms with Crippen molar-refractivity contribution in [1.29, 1.82) is 0 Å². The highest BCUT2D eigenvalue weighted by molar-refractivity contribution is 5.87. The van der Waals surface area contributed by atoms with Gasteiger partial charge in [-0.15, -0.1) is 0 Å². The number of rotatable bonds is 5. The first-order chi connectivity index (χ1) is 11.3. The first-order valence-corrected chi connectivity index (χ1v) is 7.43. The smallest absolute Gasteiger partial charge is 0.331 e. The maximum atomic E-state index is 12.0. The van der Waals surface area contributed by atoms with E-state index in [0.29, 0.717) is 5.56 Å². The molecule has 1 aromatic carbocycles. The Morgan fingerprint density at radius 3 is 2.71 bits per heavy atom. The van der Waals surface area contributed by atoms with E-state index in [9.17, 15) is 14.9 Å². The van der Waals surface area contributed by atoms with E-state index in [0.717, 1.165) is 17.0 Å². The Labute approximate surface area is 139 Å². The second-order valence-electron chi connectivity index (χ2n) is 5.47. The lowest BCUT2D eigenvalue weighted by molar-refractivity contribution is -0.385. The molecule has 0 N–H and O–H groups in total. The van der Waals surface area contributed by atoms with Crippen molar-refractivity contribution in [3.05, 3.63) is 63.0 Å². The van der Waals surface area contributed by atoms with Crippen molar-refractivity contribution >= 4 is 17.7 Å². The van der Waals surface area contributed by atoms with E-state index in [4.69, 9.17) is 4.74 Å². The van der Waals surface area contributed by atoms with Gasteiger partial charge >= 0.3 is 5.97 Å². The molecule has 1 atom stereocenters. The Morgan fingerprint density at radius 2 is 2.12 bits per heavy atom. The largest absolute Gasteiger partial charge is 0.455 e. The fourth-order valence-corrected chi connectivity index (χ4v) is 2.36. The van der Waals surface area contributed by atoms with Crippen LogP contribution in [0.2, 0.25) is 0 Å². The molecule has 1 aromatic heterocycles. The molecule has 0 aliphatic heterocycles. The zero-order valence-electron chi connectivity index (χ0n) is 14.0. The third-order valence-electron chi connectivity index (χ3n) is 3.79. The van der Waals surface area contributed by atoms with Gasteiger partial charge in [0.2, 0.25) is 0 Å². The first kappa shape index (κ1) is 17.4. The minimum Gasteiger partial charge on any atom is -0.455 e. The van der Waals surface area contributed by atoms with Crippen molar-refractivity contribution in [3.63, 3.8) is 0 Å². The van der Waals surface area contributed by atoms with Crippen LogP contribution in [0.5, 0.6) is 0 Å². The average molecular weight is 329 g/mol. The number of aryl methyl sites for hydroxylation is 2. The topological polar surface area (TPSA) is 87.3 Å². The minimum atomic E-state index is -0.585. The third kappa shape index (κ3) is 3.87. The molecule has 0 bridgehead atoms. The Bertz CT molecular complexity index is 808. The molecule has 0 aliphatic rings. The maximum Gasteiger partial charge on any atom is 0.331 e. The van der Waals surface area contributed by atoms with Crippen LogP contribution in [0.25, 0.3) is 6.08 Å². The fourth-order valence-electron chi connectivity index (χ4n) is 2.36. The van der Waals surface area contributed by atoms with Crippen molar-refractivity contribution in [2.45, 2.75) is 26.9 Å². The van der Waals surface area contributed by atoms with Crippen LogP contribution in [0, 0.1) is 24.0 Å². The summed E-state index contributed by atoms with van der Waals surface area (Å²) in [6, 6.07) is 6.04. The number of carbonyl (C=O) groups excluding carboxylic acids is 1. The van der Waals surface area contributed by atoms with Crippen LogP contribution in [0.15, 0.2) is 30.3 Å². The summed E-state index contributed by atoms with van der Waals surface area (Å²) in [4.78, 5) is 22.3. The van der Waals surface area contributed by atoms with Crippen LogP contribution in [0.4, 0.5) is 5.69 Å². The predicted octanol–water partition coefficient (Wildman–Crippen LogP) is 3.26. The number of nitrogens with zero attached hydrogens (tertiary/aromatic N) is 3. The molecule has 0 radical (unpaired) electrons. The second-order valence-corrected chi connectivity index (χ2v) is 5.47. The van der Waals surface area contributed by atoms with Gasteiger partial charge in [0, 0.05) is 36.5 Å². The van der Waals surface area contributed by atoms with Gasteiger partial charge in [0.25, 0.3) is 5.69 Å². The van der Waals surface area contributed by atoms with Gasteiger partial charge in [0.15, 0.2) is 0 Å². The van der Waals surface area contributed by atoms with E-state index in [1.807, 2.05) is 20.9 Å². The van der Waals surface area contributed by atoms with Gasteiger partial charge in [-0.25, -0.2) is 4.79 Å². The lowest BCUT2D eigenvalue weighted by atomic mass is 10.1. The van der Waals surface area contributed by atoms with Crippen LogP contribution in [-0.2, 0) is 16.6 Å². The number of esters is 1. The summed E-state index contributed by atoms with van der Waals surface area (Å²) in [6.45, 7) is 5.45. The van der Waals surface area contributed by atoms with Gasteiger partial charge in [-0.2, -0.15) is 5.10 Å². The predicted molar refractivity (Wildman–Crippen MR) is 89.3 cm³/mol. The molecule has 0 saturated carbocycles. The molecule has 1 heterocycles. The molecule has 2 rings (SSSR count). The van der Waals surface area contributed by atoms with Crippen molar-refractivity contribution < 1.29 is 14.5 Å². The Morgan fingerprint density at radius 1 is 1.42 bits per heavy atom. The molecule has 0 fully saturated rings. The summed E-state index contributed by atoms with van der Waals surface area (Å²) in [5.74, 6) is -0.517. The maximum absolute atomic E-state index is 12.0. The number of hydrogen-bond donors (Lipinski definition) is 0. The molecule has 0 aliphatic carbocycles. The fraction of sp³-hybridized carbons (Fsp3) is 0.294. The van der Waals surface area contributed by atoms with E-state index in [2.05, 4.69) is 5.10 Å². The monoisotopic (exact) mass is 329 g/mol. The number of ether oxygens (including phenoxy) is 1. The Kier molecular flexibility index (Phi) is 5.13. The summed E-state index contributed by atoms with van der Waals surface area (Å²) < 4.78 is 7.05. The molecular formula is C17H19N3O4. The zero-order chi connectivity index (χ0) is 17.9. The SMILES string of the molecule is Cc1nn(C)c(C)c1/C=C/C(=O)O[C@H](C)c1cccc([N+](=O)[O-])c1. The highest BCUT2D eigenvalue weighted by atomic mass is 16.6. The minimum absolute atomic E-state index is 0.0347.